The molecule has 0 heterocycles. The quantitative estimate of drug-likeness (QED) is 0.216. The summed E-state index contributed by atoms with van der Waals surface area (Å²) in [5.74, 6) is 1.27. The Balaban J connectivity index is 1.84. The third-order valence-corrected chi connectivity index (χ3v) is 7.79. The molecule has 2 amide bonds. The van der Waals surface area contributed by atoms with Crippen LogP contribution >= 0.6 is 35.0 Å². The van der Waals surface area contributed by atoms with Crippen LogP contribution in [0.5, 0.6) is 5.75 Å². The van der Waals surface area contributed by atoms with E-state index in [9.17, 15) is 9.59 Å². The van der Waals surface area contributed by atoms with Crippen molar-refractivity contribution in [1.82, 2.24) is 10.2 Å². The average Bonchev–Trinajstić information content (AvgIpc) is 2.93. The van der Waals surface area contributed by atoms with Crippen LogP contribution in [0.25, 0.3) is 0 Å². The number of carbonyl (C=O) groups excluding carboxylic acids is 2. The highest BCUT2D eigenvalue weighted by Gasteiger charge is 2.30. The Bertz CT molecular complexity index is 1190. The average molecular weight is 574 g/mol. The van der Waals surface area contributed by atoms with Gasteiger partial charge in [0.2, 0.25) is 11.8 Å². The van der Waals surface area contributed by atoms with Gasteiger partial charge in [-0.15, -0.1) is 11.8 Å². The van der Waals surface area contributed by atoms with E-state index in [1.165, 1.54) is 11.8 Å². The zero-order chi connectivity index (χ0) is 27.3. The number of nitrogens with one attached hydrogen (secondary N) is 1. The number of hydrogen-bond acceptors (Lipinski definition) is 4. The largest absolute Gasteiger partial charge is 0.497 e. The van der Waals surface area contributed by atoms with Crippen molar-refractivity contribution in [2.45, 2.75) is 44.5 Å². The van der Waals surface area contributed by atoms with Gasteiger partial charge in [-0.25, -0.2) is 0 Å². The Morgan fingerprint density at radius 1 is 0.947 bits per heavy atom. The number of ether oxygens (including phenoxy) is 1. The summed E-state index contributed by atoms with van der Waals surface area (Å²) >= 11 is 13.7. The molecule has 0 saturated heterocycles. The van der Waals surface area contributed by atoms with Gasteiger partial charge in [0.25, 0.3) is 0 Å². The first-order chi connectivity index (χ1) is 18.4. The number of benzene rings is 3. The molecule has 202 valence electrons. The summed E-state index contributed by atoms with van der Waals surface area (Å²) in [6.45, 7) is 2.95. The monoisotopic (exact) mass is 572 g/mol. The minimum atomic E-state index is -0.654. The van der Waals surface area contributed by atoms with Crippen molar-refractivity contribution < 1.29 is 14.3 Å². The van der Waals surface area contributed by atoms with Crippen molar-refractivity contribution in [3.05, 3.63) is 99.5 Å². The van der Waals surface area contributed by atoms with Crippen molar-refractivity contribution in [1.29, 1.82) is 0 Å². The van der Waals surface area contributed by atoms with E-state index in [1.807, 2.05) is 66.7 Å². The number of thioether (sulfide) groups is 1. The minimum Gasteiger partial charge on any atom is -0.497 e. The van der Waals surface area contributed by atoms with Crippen LogP contribution in [-0.4, -0.2) is 42.2 Å². The molecule has 8 heteroatoms. The van der Waals surface area contributed by atoms with E-state index < -0.39 is 6.04 Å². The van der Waals surface area contributed by atoms with E-state index in [4.69, 9.17) is 27.9 Å². The van der Waals surface area contributed by atoms with Crippen LogP contribution in [0.15, 0.2) is 72.8 Å². The highest BCUT2D eigenvalue weighted by Crippen LogP contribution is 2.25. The van der Waals surface area contributed by atoms with E-state index in [2.05, 4.69) is 12.2 Å². The van der Waals surface area contributed by atoms with Gasteiger partial charge >= 0.3 is 0 Å². The molecule has 5 nitrogen and oxygen atoms in total. The van der Waals surface area contributed by atoms with Crippen LogP contribution in [0.1, 0.15) is 36.5 Å². The second-order valence-electron chi connectivity index (χ2n) is 8.96. The van der Waals surface area contributed by atoms with E-state index in [-0.39, 0.29) is 17.6 Å². The van der Waals surface area contributed by atoms with E-state index in [0.717, 1.165) is 29.5 Å². The lowest BCUT2D eigenvalue weighted by atomic mass is 10.0. The number of carbonyl (C=O) groups is 2. The van der Waals surface area contributed by atoms with Gasteiger partial charge in [-0.05, 0) is 47.4 Å². The predicted molar refractivity (Wildman–Crippen MR) is 158 cm³/mol. The zero-order valence-corrected chi connectivity index (χ0v) is 24.1. The molecule has 0 aliphatic carbocycles. The fourth-order valence-corrected chi connectivity index (χ4v) is 5.17. The van der Waals surface area contributed by atoms with Gasteiger partial charge in [0.1, 0.15) is 11.8 Å². The van der Waals surface area contributed by atoms with Crippen molar-refractivity contribution in [3.63, 3.8) is 0 Å². The molecular weight excluding hydrogens is 539 g/mol. The summed E-state index contributed by atoms with van der Waals surface area (Å²) in [4.78, 5) is 28.9. The van der Waals surface area contributed by atoms with Gasteiger partial charge in [-0.3, -0.25) is 9.59 Å². The topological polar surface area (TPSA) is 58.6 Å². The smallest absolute Gasteiger partial charge is 0.243 e. The summed E-state index contributed by atoms with van der Waals surface area (Å²) in [6, 6.07) is 22.2. The maximum Gasteiger partial charge on any atom is 0.243 e. The van der Waals surface area contributed by atoms with Crippen LogP contribution < -0.4 is 10.1 Å². The summed E-state index contributed by atoms with van der Waals surface area (Å²) in [6.07, 6.45) is 2.28. The molecule has 3 aromatic carbocycles. The fraction of sp³-hybridized carbons (Fsp3) is 0.333. The van der Waals surface area contributed by atoms with Crippen LogP contribution in [0.2, 0.25) is 10.0 Å². The lowest BCUT2D eigenvalue weighted by molar-refractivity contribution is -0.139. The molecular formula is C30H34Cl2N2O3S. The molecule has 0 radical (unpaired) electrons. The van der Waals surface area contributed by atoms with Gasteiger partial charge in [0.15, 0.2) is 0 Å². The molecule has 1 unspecified atom stereocenters. The second kappa shape index (κ2) is 15.7. The molecule has 0 aromatic heterocycles. The highest BCUT2D eigenvalue weighted by atomic mass is 35.5. The lowest BCUT2D eigenvalue weighted by Gasteiger charge is -2.31. The molecule has 0 saturated carbocycles. The van der Waals surface area contributed by atoms with E-state index in [1.54, 1.807) is 18.1 Å². The first-order valence-electron chi connectivity index (χ1n) is 12.7. The van der Waals surface area contributed by atoms with Crippen LogP contribution in [0, 0.1) is 0 Å². The number of amides is 2. The van der Waals surface area contributed by atoms with Crippen LogP contribution in [0.3, 0.4) is 0 Å². The molecule has 38 heavy (non-hydrogen) atoms. The SMILES string of the molecule is CCCCNC(=O)C(Cc1ccccc1)N(Cc1cccc(OC)c1)C(=O)CSCc1ccc(Cl)c(Cl)c1. The summed E-state index contributed by atoms with van der Waals surface area (Å²) in [5, 5.41) is 4.04. The molecule has 0 bridgehead atoms. The summed E-state index contributed by atoms with van der Waals surface area (Å²) in [5.41, 5.74) is 2.87. The van der Waals surface area contributed by atoms with Gasteiger partial charge in [0, 0.05) is 25.3 Å². The third-order valence-electron chi connectivity index (χ3n) is 6.07. The number of unbranched alkanes of at least 4 members (excludes halogenated alkanes) is 1. The number of nitrogens with zero attached hydrogens (tertiary/aromatic N) is 1. The van der Waals surface area contributed by atoms with E-state index >= 15 is 0 Å². The second-order valence-corrected chi connectivity index (χ2v) is 10.8. The maximum atomic E-state index is 13.7. The fourth-order valence-electron chi connectivity index (χ4n) is 4.00. The molecule has 0 spiro atoms. The zero-order valence-electron chi connectivity index (χ0n) is 21.8. The Morgan fingerprint density at radius 2 is 1.71 bits per heavy atom. The lowest BCUT2D eigenvalue weighted by Crippen LogP contribution is -2.51. The Labute approximate surface area is 239 Å². The number of rotatable bonds is 14. The standard InChI is InChI=1S/C30H34Cl2N2O3S/c1-3-4-15-33-30(36)28(18-22-9-6-5-7-10-22)34(19-23-11-8-12-25(16-23)37-2)29(35)21-38-20-24-13-14-26(31)27(32)17-24/h5-14,16-17,28H,3-4,15,18-21H2,1-2H3,(H,33,36). The van der Waals surface area contributed by atoms with Gasteiger partial charge in [-0.2, -0.15) is 0 Å². The summed E-state index contributed by atoms with van der Waals surface area (Å²) in [7, 11) is 1.61. The number of hydrogen-bond donors (Lipinski definition) is 1. The van der Waals surface area contributed by atoms with Gasteiger partial charge < -0.3 is 15.0 Å². The molecule has 1 atom stereocenters. The Hall–Kier alpha value is -2.67. The number of methoxy groups -OCH3 is 1. The maximum absolute atomic E-state index is 13.7. The van der Waals surface area contributed by atoms with E-state index in [0.29, 0.717) is 41.1 Å². The van der Waals surface area contributed by atoms with Crippen LogP contribution in [-0.2, 0) is 28.3 Å². The minimum absolute atomic E-state index is 0.107. The predicted octanol–water partition coefficient (Wildman–Crippen LogP) is 6.79. The first-order valence-corrected chi connectivity index (χ1v) is 14.6. The van der Waals surface area contributed by atoms with Crippen LogP contribution in [0.4, 0.5) is 0 Å². The molecule has 0 aliphatic rings. The molecule has 1 N–H and O–H groups in total. The third kappa shape index (κ3) is 9.26. The molecule has 3 rings (SSSR count). The van der Waals surface area contributed by atoms with Crippen molar-refractivity contribution in [3.8, 4) is 5.75 Å². The van der Waals surface area contributed by atoms with Crippen molar-refractivity contribution in [2.75, 3.05) is 19.4 Å². The molecule has 0 fully saturated rings. The molecule has 0 aliphatic heterocycles. The van der Waals surface area contributed by atoms with Crippen molar-refractivity contribution in [2.24, 2.45) is 0 Å². The summed E-state index contributed by atoms with van der Waals surface area (Å²) < 4.78 is 5.39. The first kappa shape index (κ1) is 29.9. The van der Waals surface area contributed by atoms with Crippen molar-refractivity contribution >= 4 is 46.8 Å². The normalized spacial score (nSPS) is 11.6. The van der Waals surface area contributed by atoms with Gasteiger partial charge in [0.05, 0.1) is 22.9 Å². The Kier molecular flexibility index (Phi) is 12.3. The molecule has 3 aromatic rings. The number of halogens is 2. The van der Waals surface area contributed by atoms with Gasteiger partial charge in [-0.1, -0.05) is 85.1 Å². The highest BCUT2D eigenvalue weighted by molar-refractivity contribution is 7.99. The Morgan fingerprint density at radius 3 is 2.42 bits per heavy atom.